The molecule has 2 aliphatic heterocycles. The zero-order valence-corrected chi connectivity index (χ0v) is 23.1. The predicted molar refractivity (Wildman–Crippen MR) is 152 cm³/mol. The Morgan fingerprint density at radius 2 is 2.00 bits per heavy atom. The minimum absolute atomic E-state index is 0.0375. The van der Waals surface area contributed by atoms with Crippen molar-refractivity contribution in [2.75, 3.05) is 24.6 Å². The summed E-state index contributed by atoms with van der Waals surface area (Å²) in [6.07, 6.45) is 7.64. The highest BCUT2D eigenvalue weighted by molar-refractivity contribution is 5.88. The fourth-order valence-electron chi connectivity index (χ4n) is 5.99. The minimum Gasteiger partial charge on any atom is -0.502 e. The number of halogens is 1. The van der Waals surface area contributed by atoms with Crippen molar-refractivity contribution in [3.63, 3.8) is 0 Å². The molecule has 1 N–H and O–H groups in total. The van der Waals surface area contributed by atoms with Gasteiger partial charge in [-0.05, 0) is 69.5 Å². The first-order valence-electron chi connectivity index (χ1n) is 13.8. The molecule has 9 heteroatoms. The van der Waals surface area contributed by atoms with E-state index in [1.165, 1.54) is 0 Å². The highest BCUT2D eigenvalue weighted by atomic mass is 19.1. The van der Waals surface area contributed by atoms with Gasteiger partial charge in [0.2, 0.25) is 0 Å². The van der Waals surface area contributed by atoms with Gasteiger partial charge >= 0.3 is 0 Å². The molecule has 208 valence electrons. The van der Waals surface area contributed by atoms with E-state index in [9.17, 15) is 14.3 Å². The fraction of sp³-hybridized carbons (Fsp3) is 0.387. The summed E-state index contributed by atoms with van der Waals surface area (Å²) in [7, 11) is 0. The summed E-state index contributed by atoms with van der Waals surface area (Å²) in [6, 6.07) is 9.51. The van der Waals surface area contributed by atoms with Crippen LogP contribution in [0.1, 0.15) is 48.3 Å². The van der Waals surface area contributed by atoms with Crippen LogP contribution in [-0.4, -0.2) is 50.3 Å². The Kier molecular flexibility index (Phi) is 6.92. The number of hydrogen-bond acceptors (Lipinski definition) is 7. The van der Waals surface area contributed by atoms with Gasteiger partial charge in [0.25, 0.3) is 0 Å². The Bertz CT molecular complexity index is 1620. The zero-order valence-electron chi connectivity index (χ0n) is 23.1. The molecule has 1 aromatic carbocycles. The number of phenols is 1. The van der Waals surface area contributed by atoms with E-state index >= 15 is 0 Å². The zero-order chi connectivity index (χ0) is 28.0. The number of ether oxygens (including phenoxy) is 1. The second-order valence-corrected chi connectivity index (χ2v) is 11.1. The standard InChI is InChI=1S/C31H34FN5O3/c1-19-6-7-24(13-34-19)35-10-4-5-25(17-35)36(14-22-8-9-33-20(2)11-22)15-23-16-37-21(3)18-40-31-28(37)26(29(23)38)12-27(32)30(31)39/h6-9,11-13,16,21,25,39H,4-5,10,14-15,17-18H2,1-3H3/t21?,25-/m0/s1. The van der Waals surface area contributed by atoms with Crippen LogP contribution in [0.25, 0.3) is 10.9 Å². The van der Waals surface area contributed by atoms with Crippen molar-refractivity contribution in [1.82, 2.24) is 19.4 Å². The van der Waals surface area contributed by atoms with Crippen molar-refractivity contribution in [3.8, 4) is 11.5 Å². The van der Waals surface area contributed by atoms with Crippen LogP contribution >= 0.6 is 0 Å². The molecule has 0 aliphatic carbocycles. The molecule has 2 atom stereocenters. The summed E-state index contributed by atoms with van der Waals surface area (Å²) >= 11 is 0. The van der Waals surface area contributed by atoms with Gasteiger partial charge in [-0.15, -0.1) is 0 Å². The first-order chi connectivity index (χ1) is 19.3. The Morgan fingerprint density at radius 1 is 1.15 bits per heavy atom. The van der Waals surface area contributed by atoms with Crippen molar-refractivity contribution in [1.29, 1.82) is 0 Å². The van der Waals surface area contributed by atoms with Crippen LogP contribution in [0.2, 0.25) is 0 Å². The van der Waals surface area contributed by atoms with Gasteiger partial charge in [0.1, 0.15) is 6.61 Å². The lowest BCUT2D eigenvalue weighted by atomic mass is 10.0. The van der Waals surface area contributed by atoms with Crippen molar-refractivity contribution >= 4 is 16.6 Å². The summed E-state index contributed by atoms with van der Waals surface area (Å²) in [5.41, 5.74) is 4.96. The number of aryl methyl sites for hydroxylation is 2. The molecule has 6 rings (SSSR count). The van der Waals surface area contributed by atoms with Crippen LogP contribution in [0.3, 0.4) is 0 Å². The second kappa shape index (κ2) is 10.5. The number of nitrogens with zero attached hydrogens (tertiary/aromatic N) is 5. The van der Waals surface area contributed by atoms with Gasteiger partial charge in [-0.1, -0.05) is 0 Å². The lowest BCUT2D eigenvalue weighted by molar-refractivity contribution is 0.157. The Morgan fingerprint density at radius 3 is 2.77 bits per heavy atom. The monoisotopic (exact) mass is 543 g/mol. The quantitative estimate of drug-likeness (QED) is 0.371. The molecule has 1 fully saturated rings. The lowest BCUT2D eigenvalue weighted by Crippen LogP contribution is -2.48. The van der Waals surface area contributed by atoms with Crippen molar-refractivity contribution < 1.29 is 14.2 Å². The molecule has 0 bridgehead atoms. The molecule has 40 heavy (non-hydrogen) atoms. The molecule has 0 saturated carbocycles. The summed E-state index contributed by atoms with van der Waals surface area (Å²) in [5, 5.41) is 10.5. The highest BCUT2D eigenvalue weighted by Crippen LogP contribution is 2.40. The van der Waals surface area contributed by atoms with Gasteiger partial charge in [-0.25, -0.2) is 4.39 Å². The number of hydrogen-bond donors (Lipinski definition) is 1. The number of piperidine rings is 1. The van der Waals surface area contributed by atoms with E-state index in [0.717, 1.165) is 54.6 Å². The van der Waals surface area contributed by atoms with Crippen LogP contribution in [0.15, 0.2) is 53.7 Å². The average Bonchev–Trinajstić information content (AvgIpc) is 2.95. The topological polar surface area (TPSA) is 83.7 Å². The Balaban J connectivity index is 1.39. The molecule has 4 aromatic rings. The number of phenolic OH excluding ortho intramolecular Hbond substituents is 1. The minimum atomic E-state index is -0.850. The maximum atomic E-state index is 14.7. The summed E-state index contributed by atoms with van der Waals surface area (Å²) < 4.78 is 22.3. The molecular formula is C31H34FN5O3. The Labute approximate surface area is 232 Å². The molecule has 3 aromatic heterocycles. The number of benzene rings is 1. The summed E-state index contributed by atoms with van der Waals surface area (Å²) in [6.45, 7) is 9.06. The van der Waals surface area contributed by atoms with Crippen LogP contribution in [0.5, 0.6) is 11.5 Å². The van der Waals surface area contributed by atoms with E-state index in [1.807, 2.05) is 56.1 Å². The van der Waals surface area contributed by atoms with Crippen LogP contribution in [-0.2, 0) is 13.1 Å². The third kappa shape index (κ3) is 4.90. The molecule has 0 radical (unpaired) electrons. The molecule has 5 heterocycles. The van der Waals surface area contributed by atoms with Gasteiger partial charge in [-0.2, -0.15) is 0 Å². The Hall–Kier alpha value is -3.98. The van der Waals surface area contributed by atoms with Gasteiger partial charge in [0.05, 0.1) is 28.8 Å². The number of anilines is 1. The van der Waals surface area contributed by atoms with E-state index in [0.29, 0.717) is 24.2 Å². The number of rotatable bonds is 6. The maximum Gasteiger partial charge on any atom is 0.196 e. The van der Waals surface area contributed by atoms with E-state index in [4.69, 9.17) is 4.74 Å². The third-order valence-corrected chi connectivity index (χ3v) is 8.11. The molecule has 1 unspecified atom stereocenters. The normalized spacial score (nSPS) is 18.8. The number of aromatic nitrogens is 3. The van der Waals surface area contributed by atoms with Crippen molar-refractivity contribution in [3.05, 3.63) is 87.5 Å². The van der Waals surface area contributed by atoms with Crippen molar-refractivity contribution in [2.45, 2.75) is 58.8 Å². The summed E-state index contributed by atoms with van der Waals surface area (Å²) in [5.74, 6) is -1.37. The second-order valence-electron chi connectivity index (χ2n) is 11.1. The molecule has 1 saturated heterocycles. The number of aromatic hydroxyl groups is 1. The van der Waals surface area contributed by atoms with Gasteiger partial charge in [-0.3, -0.25) is 19.7 Å². The largest absolute Gasteiger partial charge is 0.502 e. The van der Waals surface area contributed by atoms with Crippen LogP contribution in [0, 0.1) is 19.7 Å². The van der Waals surface area contributed by atoms with Gasteiger partial charge in [0.15, 0.2) is 22.7 Å². The maximum absolute atomic E-state index is 14.7. The molecule has 0 spiro atoms. The average molecular weight is 544 g/mol. The van der Waals surface area contributed by atoms with Crippen LogP contribution < -0.4 is 15.1 Å². The molecular weight excluding hydrogens is 509 g/mol. The van der Waals surface area contributed by atoms with E-state index < -0.39 is 11.6 Å². The molecule has 8 nitrogen and oxygen atoms in total. The third-order valence-electron chi connectivity index (χ3n) is 8.11. The van der Waals surface area contributed by atoms with E-state index in [-0.39, 0.29) is 35.3 Å². The molecule has 0 amide bonds. The first kappa shape index (κ1) is 26.3. The first-order valence-corrected chi connectivity index (χ1v) is 13.8. The predicted octanol–water partition coefficient (Wildman–Crippen LogP) is 4.88. The fourth-order valence-corrected chi connectivity index (χ4v) is 5.99. The van der Waals surface area contributed by atoms with Crippen LogP contribution in [0.4, 0.5) is 10.1 Å². The van der Waals surface area contributed by atoms with E-state index in [2.05, 4.69) is 31.9 Å². The number of pyridine rings is 3. The molecule has 2 aliphatic rings. The SMILES string of the molecule is Cc1ccc(N2CCC[C@H](N(Cc3ccnc(C)c3)Cc3cn4c5c(c(O)c(F)cc5c3=O)OCC4C)C2)cn1. The summed E-state index contributed by atoms with van der Waals surface area (Å²) in [4.78, 5) is 27.4. The lowest BCUT2D eigenvalue weighted by Gasteiger charge is -2.40. The van der Waals surface area contributed by atoms with Gasteiger partial charge < -0.3 is 19.3 Å². The highest BCUT2D eigenvalue weighted by Gasteiger charge is 2.30. The van der Waals surface area contributed by atoms with Crippen molar-refractivity contribution in [2.24, 2.45) is 0 Å². The van der Waals surface area contributed by atoms with Gasteiger partial charge in [0, 0.05) is 61.6 Å². The van der Waals surface area contributed by atoms with E-state index in [1.54, 1.807) is 0 Å². The smallest absolute Gasteiger partial charge is 0.196 e.